The van der Waals surface area contributed by atoms with Crippen LogP contribution in [0.1, 0.15) is 19.8 Å². The first-order valence-electron chi connectivity index (χ1n) is 4.83. The summed E-state index contributed by atoms with van der Waals surface area (Å²) in [5, 5.41) is 0. The second-order valence-electron chi connectivity index (χ2n) is 2.80. The second kappa shape index (κ2) is 8.40. The Bertz CT molecular complexity index is 287. The van der Waals surface area contributed by atoms with E-state index in [1.54, 1.807) is 0 Å². The molecule has 1 heterocycles. The number of carbonyl (C=O) groups is 3. The average molecular weight is 226 g/mol. The van der Waals surface area contributed by atoms with Gasteiger partial charge in [-0.25, -0.2) is 14.4 Å². The largest absolute Gasteiger partial charge is 0.463 e. The molecule has 0 radical (unpaired) electrons. The summed E-state index contributed by atoms with van der Waals surface area (Å²) in [6, 6.07) is 0. The summed E-state index contributed by atoms with van der Waals surface area (Å²) in [5.41, 5.74) is 0. The van der Waals surface area contributed by atoms with Crippen LogP contribution in [0.25, 0.3) is 0 Å². The minimum absolute atomic E-state index is 0.330. The highest BCUT2D eigenvalue weighted by molar-refractivity contribution is 6.04. The Hall–Kier alpha value is -1.91. The van der Waals surface area contributed by atoms with Gasteiger partial charge in [0.25, 0.3) is 0 Å². The number of esters is 3. The van der Waals surface area contributed by atoms with Crippen molar-refractivity contribution in [2.75, 3.05) is 6.61 Å². The number of cyclic esters (lactones) is 2. The lowest BCUT2D eigenvalue weighted by Gasteiger charge is -1.97. The molecule has 0 N–H and O–H groups in total. The van der Waals surface area contributed by atoms with E-state index in [9.17, 15) is 14.4 Å². The Morgan fingerprint density at radius 1 is 1.44 bits per heavy atom. The van der Waals surface area contributed by atoms with Crippen molar-refractivity contribution in [2.45, 2.75) is 19.8 Å². The van der Waals surface area contributed by atoms with Crippen molar-refractivity contribution in [3.05, 3.63) is 24.8 Å². The van der Waals surface area contributed by atoms with Crippen LogP contribution in [-0.2, 0) is 23.9 Å². The molecular weight excluding hydrogens is 212 g/mol. The smallest absolute Gasteiger partial charge is 0.338 e. The monoisotopic (exact) mass is 226 g/mol. The number of rotatable bonds is 4. The van der Waals surface area contributed by atoms with E-state index < -0.39 is 11.9 Å². The van der Waals surface area contributed by atoms with Gasteiger partial charge in [0.15, 0.2) is 0 Å². The van der Waals surface area contributed by atoms with Gasteiger partial charge in [0, 0.05) is 18.2 Å². The van der Waals surface area contributed by atoms with Gasteiger partial charge in [-0.1, -0.05) is 19.9 Å². The summed E-state index contributed by atoms with van der Waals surface area (Å²) in [6.45, 7) is 5.82. The molecule has 0 amide bonds. The van der Waals surface area contributed by atoms with Crippen LogP contribution < -0.4 is 0 Å². The molecule has 0 saturated heterocycles. The highest BCUT2D eigenvalue weighted by Gasteiger charge is 2.10. The van der Waals surface area contributed by atoms with Gasteiger partial charge in [-0.3, -0.25) is 0 Å². The van der Waals surface area contributed by atoms with Crippen LogP contribution in [0.3, 0.4) is 0 Å². The quantitative estimate of drug-likeness (QED) is 0.311. The van der Waals surface area contributed by atoms with Crippen LogP contribution in [0, 0.1) is 0 Å². The van der Waals surface area contributed by atoms with Crippen molar-refractivity contribution >= 4 is 17.9 Å². The third-order valence-corrected chi connectivity index (χ3v) is 1.47. The molecule has 0 bridgehead atoms. The number of ether oxygens (including phenoxy) is 2. The molecule has 0 aromatic heterocycles. The van der Waals surface area contributed by atoms with Gasteiger partial charge in [0.2, 0.25) is 0 Å². The zero-order chi connectivity index (χ0) is 12.4. The van der Waals surface area contributed by atoms with E-state index >= 15 is 0 Å². The minimum atomic E-state index is -0.579. The Labute approximate surface area is 93.7 Å². The molecule has 0 fully saturated rings. The zero-order valence-corrected chi connectivity index (χ0v) is 9.10. The summed E-state index contributed by atoms with van der Waals surface area (Å²) in [4.78, 5) is 30.2. The summed E-state index contributed by atoms with van der Waals surface area (Å²) >= 11 is 0. The van der Waals surface area contributed by atoms with Gasteiger partial charge < -0.3 is 9.47 Å². The molecule has 5 heteroatoms. The van der Waals surface area contributed by atoms with E-state index in [2.05, 4.69) is 16.1 Å². The molecule has 0 unspecified atom stereocenters. The summed E-state index contributed by atoms with van der Waals surface area (Å²) in [6.07, 6.45) is 5.32. The van der Waals surface area contributed by atoms with Gasteiger partial charge in [-0.05, 0) is 6.42 Å². The predicted molar refractivity (Wildman–Crippen MR) is 56.3 cm³/mol. The Morgan fingerprint density at radius 3 is 2.31 bits per heavy atom. The molecule has 0 aliphatic carbocycles. The van der Waals surface area contributed by atoms with Gasteiger partial charge in [-0.15, -0.1) is 0 Å². The molecule has 0 spiro atoms. The van der Waals surface area contributed by atoms with Crippen molar-refractivity contribution in [3.8, 4) is 0 Å². The topological polar surface area (TPSA) is 69.7 Å². The van der Waals surface area contributed by atoms with E-state index in [1.165, 1.54) is 6.08 Å². The number of unbranched alkanes of at least 4 members (excludes halogenated alkanes) is 1. The van der Waals surface area contributed by atoms with Gasteiger partial charge in [-0.2, -0.15) is 0 Å². The van der Waals surface area contributed by atoms with Crippen LogP contribution in [-0.4, -0.2) is 24.5 Å². The minimum Gasteiger partial charge on any atom is -0.463 e. The molecule has 88 valence electrons. The van der Waals surface area contributed by atoms with Gasteiger partial charge in [0.05, 0.1) is 6.61 Å². The van der Waals surface area contributed by atoms with Crippen LogP contribution in [0.2, 0.25) is 0 Å². The molecule has 0 aromatic carbocycles. The van der Waals surface area contributed by atoms with E-state index in [-0.39, 0.29) is 5.97 Å². The fourth-order valence-corrected chi connectivity index (χ4v) is 0.679. The first kappa shape index (κ1) is 14.1. The van der Waals surface area contributed by atoms with Crippen LogP contribution in [0.4, 0.5) is 0 Å². The van der Waals surface area contributed by atoms with E-state index in [4.69, 9.17) is 0 Å². The number of hydrogen-bond donors (Lipinski definition) is 0. The van der Waals surface area contributed by atoms with E-state index in [0.717, 1.165) is 25.0 Å². The van der Waals surface area contributed by atoms with Crippen LogP contribution in [0.15, 0.2) is 24.8 Å². The van der Waals surface area contributed by atoms with Gasteiger partial charge >= 0.3 is 17.9 Å². The first-order chi connectivity index (χ1) is 7.60. The average Bonchev–Trinajstić information content (AvgIpc) is 2.63. The van der Waals surface area contributed by atoms with E-state index in [1.807, 2.05) is 6.92 Å². The Morgan fingerprint density at radius 2 is 2.00 bits per heavy atom. The molecule has 1 aliphatic rings. The van der Waals surface area contributed by atoms with Crippen molar-refractivity contribution < 1.29 is 23.9 Å². The van der Waals surface area contributed by atoms with Crippen molar-refractivity contribution in [1.82, 2.24) is 0 Å². The maximum atomic E-state index is 10.3. The first-order valence-corrected chi connectivity index (χ1v) is 4.83. The highest BCUT2D eigenvalue weighted by Crippen LogP contribution is 1.92. The maximum absolute atomic E-state index is 10.3. The molecule has 0 aromatic rings. The summed E-state index contributed by atoms with van der Waals surface area (Å²) in [5.74, 6) is -1.49. The fraction of sp³-hybridized carbons (Fsp3) is 0.364. The Balaban J connectivity index is 0.000000288. The Kier molecular flexibility index (Phi) is 7.40. The summed E-state index contributed by atoms with van der Waals surface area (Å²) < 4.78 is 8.65. The third kappa shape index (κ3) is 7.49. The normalized spacial score (nSPS) is 12.6. The predicted octanol–water partition coefficient (Wildman–Crippen LogP) is 1.14. The standard InChI is InChI=1S/C7H12O2.C4H2O3/c1-3-5-6-9-7(8)4-2;5-3-1-2-4(6)7-3/h4H,2-3,5-6H2,1H3;1-2H. The van der Waals surface area contributed by atoms with E-state index in [0.29, 0.717) is 6.61 Å². The molecule has 0 atom stereocenters. The molecule has 5 nitrogen and oxygen atoms in total. The molecule has 1 aliphatic heterocycles. The third-order valence-electron chi connectivity index (χ3n) is 1.47. The zero-order valence-electron chi connectivity index (χ0n) is 9.10. The van der Waals surface area contributed by atoms with Crippen LogP contribution >= 0.6 is 0 Å². The maximum Gasteiger partial charge on any atom is 0.338 e. The van der Waals surface area contributed by atoms with Crippen molar-refractivity contribution in [2.24, 2.45) is 0 Å². The lowest BCUT2D eigenvalue weighted by atomic mass is 10.4. The number of hydrogen-bond acceptors (Lipinski definition) is 5. The summed E-state index contributed by atoms with van der Waals surface area (Å²) in [7, 11) is 0. The molecule has 1 rings (SSSR count). The lowest BCUT2D eigenvalue weighted by molar-refractivity contribution is -0.150. The van der Waals surface area contributed by atoms with Gasteiger partial charge in [0.1, 0.15) is 0 Å². The second-order valence-corrected chi connectivity index (χ2v) is 2.80. The van der Waals surface area contributed by atoms with Crippen molar-refractivity contribution in [1.29, 1.82) is 0 Å². The van der Waals surface area contributed by atoms with Crippen molar-refractivity contribution in [3.63, 3.8) is 0 Å². The lowest BCUT2D eigenvalue weighted by Crippen LogP contribution is -2.00. The molecular formula is C11H14O5. The fourth-order valence-electron chi connectivity index (χ4n) is 0.679. The van der Waals surface area contributed by atoms with Crippen LogP contribution in [0.5, 0.6) is 0 Å². The highest BCUT2D eigenvalue weighted by atomic mass is 16.6. The SMILES string of the molecule is C=CC(=O)OCCCC.O=C1C=CC(=O)O1. The number of carbonyl (C=O) groups excluding carboxylic acids is 3. The molecule has 16 heavy (non-hydrogen) atoms. The molecule has 0 saturated carbocycles.